The Morgan fingerprint density at radius 2 is 1.79 bits per heavy atom. The number of ether oxygens (including phenoxy) is 1. The van der Waals surface area contributed by atoms with E-state index in [1.165, 1.54) is 30.2 Å². The molecule has 0 aliphatic rings. The number of hydrogen-bond acceptors (Lipinski definition) is 5. The van der Waals surface area contributed by atoms with Gasteiger partial charge in [0.1, 0.15) is 18.3 Å². The van der Waals surface area contributed by atoms with Gasteiger partial charge in [0.2, 0.25) is 21.8 Å². The molecule has 1 atom stereocenters. The summed E-state index contributed by atoms with van der Waals surface area (Å²) >= 11 is 12.5. The van der Waals surface area contributed by atoms with E-state index in [2.05, 4.69) is 5.32 Å². The van der Waals surface area contributed by atoms with Crippen molar-refractivity contribution in [3.05, 3.63) is 58.1 Å². The average Bonchev–Trinajstić information content (AvgIpc) is 2.79. The summed E-state index contributed by atoms with van der Waals surface area (Å²) < 4.78 is 31.2. The molecule has 34 heavy (non-hydrogen) atoms. The van der Waals surface area contributed by atoms with Gasteiger partial charge in [-0.15, -0.1) is 0 Å². The molecule has 0 saturated carbocycles. The van der Waals surface area contributed by atoms with Gasteiger partial charge in [0.25, 0.3) is 0 Å². The van der Waals surface area contributed by atoms with Gasteiger partial charge in [-0.05, 0) is 43.2 Å². The lowest BCUT2D eigenvalue weighted by molar-refractivity contribution is -0.139. The van der Waals surface area contributed by atoms with Gasteiger partial charge < -0.3 is 15.0 Å². The summed E-state index contributed by atoms with van der Waals surface area (Å²) in [5.41, 5.74) is 0.827. The first-order chi connectivity index (χ1) is 16.0. The van der Waals surface area contributed by atoms with Crippen LogP contribution in [0.3, 0.4) is 0 Å². The van der Waals surface area contributed by atoms with Gasteiger partial charge in [-0.25, -0.2) is 8.42 Å². The van der Waals surface area contributed by atoms with E-state index in [-0.39, 0.29) is 23.2 Å². The first kappa shape index (κ1) is 27.8. The fraction of sp³-hybridized carbons (Fsp3) is 0.391. The average molecular weight is 530 g/mol. The minimum Gasteiger partial charge on any atom is -0.495 e. The van der Waals surface area contributed by atoms with Crippen molar-refractivity contribution in [2.75, 3.05) is 30.8 Å². The molecule has 0 aliphatic heterocycles. The Kier molecular flexibility index (Phi) is 10.0. The zero-order valence-corrected chi connectivity index (χ0v) is 21.9. The van der Waals surface area contributed by atoms with E-state index in [0.717, 1.165) is 17.0 Å². The van der Waals surface area contributed by atoms with Crippen LogP contribution in [0.5, 0.6) is 5.75 Å². The number of rotatable bonds is 11. The number of methoxy groups -OCH3 is 1. The Morgan fingerprint density at radius 3 is 2.35 bits per heavy atom. The maximum absolute atomic E-state index is 13.5. The lowest BCUT2D eigenvalue weighted by atomic mass is 10.1. The molecular weight excluding hydrogens is 501 g/mol. The van der Waals surface area contributed by atoms with Gasteiger partial charge in [0, 0.05) is 18.1 Å². The molecule has 186 valence electrons. The number of hydrogen-bond donors (Lipinski definition) is 1. The lowest BCUT2D eigenvalue weighted by Crippen LogP contribution is -2.51. The van der Waals surface area contributed by atoms with Crippen LogP contribution in [0.4, 0.5) is 5.69 Å². The molecule has 0 radical (unpaired) electrons. The summed E-state index contributed by atoms with van der Waals surface area (Å²) in [5, 5.41) is 3.40. The number of amides is 2. The minimum absolute atomic E-state index is 0.0280. The highest BCUT2D eigenvalue weighted by molar-refractivity contribution is 7.92. The van der Waals surface area contributed by atoms with Gasteiger partial charge in [-0.3, -0.25) is 13.9 Å². The van der Waals surface area contributed by atoms with E-state index < -0.39 is 28.5 Å². The fourth-order valence-corrected chi connectivity index (χ4v) is 4.50. The number of nitrogens with one attached hydrogen (secondary N) is 1. The summed E-state index contributed by atoms with van der Waals surface area (Å²) in [6, 6.07) is 10.5. The predicted molar refractivity (Wildman–Crippen MR) is 135 cm³/mol. The molecule has 0 fully saturated rings. The molecular formula is C23H29Cl2N3O5S. The van der Waals surface area contributed by atoms with Crippen molar-refractivity contribution in [2.45, 2.75) is 32.9 Å². The van der Waals surface area contributed by atoms with Gasteiger partial charge in [-0.1, -0.05) is 48.3 Å². The Balaban J connectivity index is 2.41. The molecule has 0 aromatic heterocycles. The van der Waals surface area contributed by atoms with Crippen molar-refractivity contribution in [3.8, 4) is 5.75 Å². The third-order valence-corrected chi connectivity index (χ3v) is 6.92. The number of sulfonamides is 1. The third-order valence-electron chi connectivity index (χ3n) is 5.12. The molecule has 0 unspecified atom stereocenters. The molecule has 1 N–H and O–H groups in total. The Hall–Kier alpha value is -2.49. The van der Waals surface area contributed by atoms with Crippen molar-refractivity contribution in [2.24, 2.45) is 0 Å². The van der Waals surface area contributed by atoms with Crippen molar-refractivity contribution in [3.63, 3.8) is 0 Å². The predicted octanol–water partition coefficient (Wildman–Crippen LogP) is 3.71. The van der Waals surface area contributed by atoms with E-state index in [4.69, 9.17) is 27.9 Å². The van der Waals surface area contributed by atoms with Crippen LogP contribution in [0, 0.1) is 0 Å². The summed E-state index contributed by atoms with van der Waals surface area (Å²) in [6.45, 7) is 3.46. The summed E-state index contributed by atoms with van der Waals surface area (Å²) in [5.74, 6) is -0.552. The summed E-state index contributed by atoms with van der Waals surface area (Å²) in [4.78, 5) is 27.5. The number of carbonyl (C=O) groups is 2. The molecule has 0 heterocycles. The van der Waals surface area contributed by atoms with Crippen molar-refractivity contribution in [1.82, 2.24) is 10.2 Å². The highest BCUT2D eigenvalue weighted by atomic mass is 35.5. The Labute approximate surface area is 210 Å². The quantitative estimate of drug-likeness (QED) is 0.478. The molecule has 2 aromatic rings. The van der Waals surface area contributed by atoms with E-state index in [1.54, 1.807) is 31.2 Å². The zero-order chi connectivity index (χ0) is 25.5. The molecule has 0 spiro atoms. The van der Waals surface area contributed by atoms with E-state index >= 15 is 0 Å². The zero-order valence-electron chi connectivity index (χ0n) is 19.5. The van der Waals surface area contributed by atoms with Gasteiger partial charge in [0.15, 0.2) is 0 Å². The fourth-order valence-electron chi connectivity index (χ4n) is 3.21. The topological polar surface area (TPSA) is 96.0 Å². The monoisotopic (exact) mass is 529 g/mol. The number of benzene rings is 2. The van der Waals surface area contributed by atoms with E-state index in [9.17, 15) is 18.0 Å². The van der Waals surface area contributed by atoms with Crippen molar-refractivity contribution in [1.29, 1.82) is 0 Å². The van der Waals surface area contributed by atoms with Gasteiger partial charge in [-0.2, -0.15) is 0 Å². The maximum atomic E-state index is 13.5. The molecule has 0 aliphatic carbocycles. The van der Waals surface area contributed by atoms with Crippen LogP contribution < -0.4 is 14.4 Å². The van der Waals surface area contributed by atoms with Crippen LogP contribution >= 0.6 is 23.2 Å². The maximum Gasteiger partial charge on any atom is 0.244 e. The Morgan fingerprint density at radius 1 is 1.12 bits per heavy atom. The van der Waals surface area contributed by atoms with Crippen LogP contribution in [0.25, 0.3) is 0 Å². The van der Waals surface area contributed by atoms with Crippen molar-refractivity contribution < 1.29 is 22.7 Å². The van der Waals surface area contributed by atoms with Crippen LogP contribution in [-0.4, -0.2) is 57.6 Å². The number of nitrogens with zero attached hydrogens (tertiary/aromatic N) is 2. The third kappa shape index (κ3) is 7.25. The largest absolute Gasteiger partial charge is 0.495 e. The molecule has 2 amide bonds. The first-order valence-electron chi connectivity index (χ1n) is 10.6. The number of anilines is 1. The van der Waals surface area contributed by atoms with Crippen LogP contribution in [0.15, 0.2) is 42.5 Å². The molecule has 0 saturated heterocycles. The Bertz CT molecular complexity index is 1130. The smallest absolute Gasteiger partial charge is 0.244 e. The van der Waals surface area contributed by atoms with Gasteiger partial charge >= 0.3 is 0 Å². The number of halogens is 2. The number of carbonyl (C=O) groups excluding carboxylic acids is 2. The first-order valence-corrected chi connectivity index (χ1v) is 13.2. The van der Waals surface area contributed by atoms with Gasteiger partial charge in [0.05, 0.1) is 24.1 Å². The minimum atomic E-state index is -3.86. The second kappa shape index (κ2) is 12.3. The molecule has 0 bridgehead atoms. The highest BCUT2D eigenvalue weighted by Gasteiger charge is 2.30. The normalized spacial score (nSPS) is 12.1. The second-order valence-electron chi connectivity index (χ2n) is 7.67. The summed E-state index contributed by atoms with van der Waals surface area (Å²) in [7, 11) is -2.42. The van der Waals surface area contributed by atoms with E-state index in [1.807, 2.05) is 6.92 Å². The standard InChI is InChI=1S/C23H29Cl2N3O5S/c1-5-12-26-23(30)16(2)27(14-17-8-6-7-9-19(17)24)22(29)15-28(34(4,31)32)18-10-11-21(33-3)20(25)13-18/h6-11,13,16H,5,12,14-15H2,1-4H3,(H,26,30)/t16-/m1/s1. The molecule has 2 rings (SSSR count). The van der Waals surface area contributed by atoms with E-state index in [0.29, 0.717) is 22.9 Å². The van der Waals surface area contributed by atoms with Crippen LogP contribution in [0.1, 0.15) is 25.8 Å². The lowest BCUT2D eigenvalue weighted by Gasteiger charge is -2.31. The van der Waals surface area contributed by atoms with Crippen LogP contribution in [-0.2, 0) is 26.2 Å². The summed E-state index contributed by atoms with van der Waals surface area (Å²) in [6.07, 6.45) is 1.73. The molecule has 11 heteroatoms. The second-order valence-corrected chi connectivity index (χ2v) is 10.4. The molecule has 8 nitrogen and oxygen atoms in total. The highest BCUT2D eigenvalue weighted by Crippen LogP contribution is 2.30. The molecule has 2 aromatic carbocycles. The van der Waals surface area contributed by atoms with Crippen LogP contribution in [0.2, 0.25) is 10.0 Å². The SMILES string of the molecule is CCCNC(=O)[C@@H](C)N(Cc1ccccc1Cl)C(=O)CN(c1ccc(OC)c(Cl)c1)S(C)(=O)=O. The van der Waals surface area contributed by atoms with Crippen molar-refractivity contribution >= 4 is 50.7 Å².